The number of rotatable bonds is 11. The van der Waals surface area contributed by atoms with Crippen LogP contribution in [0.2, 0.25) is 0 Å². The van der Waals surface area contributed by atoms with Gasteiger partial charge in [-0.25, -0.2) is 4.68 Å². The van der Waals surface area contributed by atoms with Crippen LogP contribution in [0.3, 0.4) is 0 Å². The van der Waals surface area contributed by atoms with E-state index in [9.17, 15) is 9.59 Å². The van der Waals surface area contributed by atoms with Gasteiger partial charge in [-0.2, -0.15) is 0 Å². The second kappa shape index (κ2) is 11.9. The van der Waals surface area contributed by atoms with Crippen molar-refractivity contribution in [3.05, 3.63) is 48.0 Å². The maximum Gasteiger partial charge on any atom is 0.247 e. The number of hydrogen-bond acceptors (Lipinski definition) is 7. The number of aromatic nitrogens is 3. The maximum absolute atomic E-state index is 13.8. The minimum atomic E-state index is -0.927. The number of methoxy groups -OCH3 is 3. The van der Waals surface area contributed by atoms with Gasteiger partial charge in [0.25, 0.3) is 0 Å². The smallest absolute Gasteiger partial charge is 0.247 e. The highest BCUT2D eigenvalue weighted by Crippen LogP contribution is 2.34. The van der Waals surface area contributed by atoms with Crippen LogP contribution in [-0.4, -0.2) is 72.2 Å². The van der Waals surface area contributed by atoms with E-state index >= 15 is 0 Å². The van der Waals surface area contributed by atoms with Crippen molar-refractivity contribution in [2.75, 3.05) is 34.5 Å². The molecule has 0 aliphatic heterocycles. The number of carbonyl (C=O) groups is 2. The van der Waals surface area contributed by atoms with Gasteiger partial charge >= 0.3 is 0 Å². The molecule has 0 unspecified atom stereocenters. The van der Waals surface area contributed by atoms with Crippen LogP contribution in [0.4, 0.5) is 0 Å². The lowest BCUT2D eigenvalue weighted by Crippen LogP contribution is -2.48. The SMILES string of the molecule is COCCN(C(=O)Cn1nnc2ccccc21)[C@@H](C(=O)NC1CCCC1)c1ccc(OC)cc1OC. The molecule has 1 saturated carbocycles. The molecule has 1 aromatic heterocycles. The Balaban J connectivity index is 1.71. The molecule has 0 bridgehead atoms. The van der Waals surface area contributed by atoms with E-state index in [2.05, 4.69) is 15.6 Å². The van der Waals surface area contributed by atoms with E-state index in [0.717, 1.165) is 31.2 Å². The van der Waals surface area contributed by atoms with Crippen molar-refractivity contribution in [3.8, 4) is 11.5 Å². The predicted octanol–water partition coefficient (Wildman–Crippen LogP) is 2.72. The third-order valence-corrected chi connectivity index (χ3v) is 6.56. The van der Waals surface area contributed by atoms with Gasteiger partial charge in [-0.1, -0.05) is 30.2 Å². The van der Waals surface area contributed by atoms with E-state index in [0.29, 0.717) is 22.6 Å². The van der Waals surface area contributed by atoms with Gasteiger partial charge in [-0.05, 0) is 37.1 Å². The van der Waals surface area contributed by atoms with E-state index < -0.39 is 6.04 Å². The lowest BCUT2D eigenvalue weighted by Gasteiger charge is -2.33. The van der Waals surface area contributed by atoms with Crippen LogP contribution in [0, 0.1) is 0 Å². The molecule has 2 aromatic carbocycles. The number of nitrogens with zero attached hydrogens (tertiary/aromatic N) is 4. The molecule has 1 aliphatic rings. The molecular formula is C26H33N5O5. The molecule has 1 aliphatic carbocycles. The number of hydrogen-bond donors (Lipinski definition) is 1. The summed E-state index contributed by atoms with van der Waals surface area (Å²) in [4.78, 5) is 29.1. The van der Waals surface area contributed by atoms with Crippen molar-refractivity contribution in [2.45, 2.75) is 44.3 Å². The average molecular weight is 496 g/mol. The van der Waals surface area contributed by atoms with Gasteiger partial charge < -0.3 is 24.4 Å². The molecule has 36 heavy (non-hydrogen) atoms. The molecule has 0 spiro atoms. The zero-order valence-corrected chi connectivity index (χ0v) is 21.0. The van der Waals surface area contributed by atoms with Crippen molar-refractivity contribution in [1.29, 1.82) is 0 Å². The van der Waals surface area contributed by atoms with Crippen molar-refractivity contribution in [3.63, 3.8) is 0 Å². The molecule has 10 nitrogen and oxygen atoms in total. The Bertz CT molecular complexity index is 1190. The van der Waals surface area contributed by atoms with Crippen molar-refractivity contribution in [2.24, 2.45) is 0 Å². The first kappa shape index (κ1) is 25.4. The van der Waals surface area contributed by atoms with E-state index in [1.165, 1.54) is 12.0 Å². The molecule has 1 atom stereocenters. The van der Waals surface area contributed by atoms with Crippen LogP contribution in [0.15, 0.2) is 42.5 Å². The highest BCUT2D eigenvalue weighted by molar-refractivity contribution is 5.90. The molecule has 1 fully saturated rings. The number of amides is 2. The van der Waals surface area contributed by atoms with Gasteiger partial charge in [0, 0.05) is 31.3 Å². The summed E-state index contributed by atoms with van der Waals surface area (Å²) in [7, 11) is 4.66. The summed E-state index contributed by atoms with van der Waals surface area (Å²) in [5, 5.41) is 11.5. The predicted molar refractivity (Wildman–Crippen MR) is 134 cm³/mol. The molecule has 0 saturated heterocycles. The van der Waals surface area contributed by atoms with Crippen LogP contribution in [-0.2, 0) is 20.9 Å². The monoisotopic (exact) mass is 495 g/mol. The number of ether oxygens (including phenoxy) is 3. The van der Waals surface area contributed by atoms with Crippen LogP contribution < -0.4 is 14.8 Å². The summed E-state index contributed by atoms with van der Waals surface area (Å²) in [5.41, 5.74) is 2.01. The summed E-state index contributed by atoms with van der Waals surface area (Å²) in [6, 6.07) is 11.8. The molecule has 10 heteroatoms. The Morgan fingerprint density at radius 3 is 2.61 bits per heavy atom. The molecule has 1 heterocycles. The van der Waals surface area contributed by atoms with E-state index in [4.69, 9.17) is 14.2 Å². The Labute approximate surface area is 210 Å². The Hall–Kier alpha value is -3.66. The summed E-state index contributed by atoms with van der Waals surface area (Å²) in [6.07, 6.45) is 4.00. The van der Waals surface area contributed by atoms with Crippen molar-refractivity contribution in [1.82, 2.24) is 25.2 Å². The number of carbonyl (C=O) groups excluding carboxylic acids is 2. The highest BCUT2D eigenvalue weighted by Gasteiger charge is 2.35. The molecule has 3 aromatic rings. The van der Waals surface area contributed by atoms with Crippen LogP contribution in [0.1, 0.15) is 37.3 Å². The fraction of sp³-hybridized carbons (Fsp3) is 0.462. The third kappa shape index (κ3) is 5.59. The van der Waals surface area contributed by atoms with Crippen LogP contribution in [0.25, 0.3) is 11.0 Å². The number of para-hydroxylation sites is 1. The normalized spacial score (nSPS) is 14.5. The molecule has 0 radical (unpaired) electrons. The number of fused-ring (bicyclic) bond motifs is 1. The quantitative estimate of drug-likeness (QED) is 0.436. The Morgan fingerprint density at radius 1 is 1.11 bits per heavy atom. The van der Waals surface area contributed by atoms with Crippen LogP contribution in [0.5, 0.6) is 11.5 Å². The second-order valence-corrected chi connectivity index (χ2v) is 8.82. The first-order chi connectivity index (χ1) is 17.5. The molecule has 192 valence electrons. The van der Waals surface area contributed by atoms with Gasteiger partial charge in [-0.15, -0.1) is 5.10 Å². The van der Waals surface area contributed by atoms with Gasteiger partial charge in [0.05, 0.1) is 26.3 Å². The molecule has 4 rings (SSSR count). The summed E-state index contributed by atoms with van der Waals surface area (Å²) < 4.78 is 17.8. The zero-order valence-electron chi connectivity index (χ0n) is 21.0. The lowest BCUT2D eigenvalue weighted by atomic mass is 10.0. The average Bonchev–Trinajstić information content (AvgIpc) is 3.56. The van der Waals surface area contributed by atoms with E-state index in [1.54, 1.807) is 37.1 Å². The number of benzene rings is 2. The van der Waals surface area contributed by atoms with Gasteiger partial charge in [0.1, 0.15) is 29.6 Å². The van der Waals surface area contributed by atoms with Gasteiger partial charge in [0.2, 0.25) is 11.8 Å². The standard InChI is InChI=1S/C26H33N5O5/c1-34-15-14-30(24(32)17-31-22-11-7-6-10-21(22)28-29-31)25(26(33)27-18-8-4-5-9-18)20-13-12-19(35-2)16-23(20)36-3/h6-7,10-13,16,18,25H,4-5,8-9,14-15,17H2,1-3H3,(H,27,33)/t25-/m1/s1. The Kier molecular flexibility index (Phi) is 8.37. The van der Waals surface area contributed by atoms with E-state index in [-0.39, 0.29) is 37.6 Å². The van der Waals surface area contributed by atoms with E-state index in [1.807, 2.05) is 24.3 Å². The summed E-state index contributed by atoms with van der Waals surface area (Å²) in [5.74, 6) is 0.516. The topological polar surface area (TPSA) is 108 Å². The van der Waals surface area contributed by atoms with Gasteiger partial charge in [-0.3, -0.25) is 9.59 Å². The molecule has 2 amide bonds. The zero-order chi connectivity index (χ0) is 25.5. The second-order valence-electron chi connectivity index (χ2n) is 8.82. The molecule has 1 N–H and O–H groups in total. The van der Waals surface area contributed by atoms with Crippen molar-refractivity contribution >= 4 is 22.8 Å². The largest absolute Gasteiger partial charge is 0.497 e. The maximum atomic E-state index is 13.8. The Morgan fingerprint density at radius 2 is 1.89 bits per heavy atom. The number of nitrogens with one attached hydrogen (secondary N) is 1. The third-order valence-electron chi connectivity index (χ3n) is 6.56. The fourth-order valence-corrected chi connectivity index (χ4v) is 4.69. The highest BCUT2D eigenvalue weighted by atomic mass is 16.5. The minimum Gasteiger partial charge on any atom is -0.497 e. The lowest BCUT2D eigenvalue weighted by molar-refractivity contribution is -0.142. The first-order valence-corrected chi connectivity index (χ1v) is 12.1. The summed E-state index contributed by atoms with van der Waals surface area (Å²) >= 11 is 0. The van der Waals surface area contributed by atoms with Crippen LogP contribution >= 0.6 is 0 Å². The first-order valence-electron chi connectivity index (χ1n) is 12.1. The van der Waals surface area contributed by atoms with Gasteiger partial charge in [0.15, 0.2) is 0 Å². The minimum absolute atomic E-state index is 0.0735. The summed E-state index contributed by atoms with van der Waals surface area (Å²) in [6.45, 7) is 0.394. The fourth-order valence-electron chi connectivity index (χ4n) is 4.69. The molecular weight excluding hydrogens is 462 g/mol. The van der Waals surface area contributed by atoms with Crippen molar-refractivity contribution < 1.29 is 23.8 Å².